The maximum Gasteiger partial charge on any atom is 0.205 e. The number of methoxy groups -OCH3 is 1. The van der Waals surface area contributed by atoms with E-state index in [1.165, 1.54) is 0 Å². The van der Waals surface area contributed by atoms with Gasteiger partial charge < -0.3 is 10.5 Å². The number of nitrogen functional groups attached to an aromatic ring is 1. The van der Waals surface area contributed by atoms with Crippen molar-refractivity contribution in [3.8, 4) is 11.4 Å². The Bertz CT molecular complexity index is 795. The summed E-state index contributed by atoms with van der Waals surface area (Å²) in [6, 6.07) is 11.4. The molecule has 1 aromatic heterocycles. The number of aryl methyl sites for hydroxylation is 1. The highest BCUT2D eigenvalue weighted by Crippen LogP contribution is 2.30. The topological polar surface area (TPSA) is 53.1 Å². The Hall–Kier alpha value is -2.20. The molecule has 0 bridgehead atoms. The molecule has 3 rings (SSSR count). The number of rotatable bonds is 2. The van der Waals surface area contributed by atoms with Crippen molar-refractivity contribution in [3.05, 3.63) is 47.0 Å². The molecular formula is C15H14ClN3O. The van der Waals surface area contributed by atoms with Gasteiger partial charge in [0.15, 0.2) is 0 Å². The average molecular weight is 288 g/mol. The van der Waals surface area contributed by atoms with Gasteiger partial charge in [-0.15, -0.1) is 0 Å². The van der Waals surface area contributed by atoms with E-state index in [4.69, 9.17) is 22.1 Å². The van der Waals surface area contributed by atoms with Gasteiger partial charge in [-0.2, -0.15) is 0 Å². The van der Waals surface area contributed by atoms with Crippen LogP contribution in [-0.2, 0) is 0 Å². The second kappa shape index (κ2) is 4.72. The summed E-state index contributed by atoms with van der Waals surface area (Å²) in [5.74, 6) is 1.16. The molecule has 0 amide bonds. The minimum atomic E-state index is 0.403. The molecule has 2 N–H and O–H groups in total. The summed E-state index contributed by atoms with van der Waals surface area (Å²) in [5, 5.41) is 0.629. The first-order chi connectivity index (χ1) is 9.60. The van der Waals surface area contributed by atoms with Crippen molar-refractivity contribution in [1.29, 1.82) is 0 Å². The van der Waals surface area contributed by atoms with Crippen LogP contribution < -0.4 is 10.5 Å². The van der Waals surface area contributed by atoms with Crippen molar-refractivity contribution < 1.29 is 4.74 Å². The number of nitrogens with two attached hydrogens (primary N) is 1. The molecule has 0 fully saturated rings. The number of halogens is 1. The summed E-state index contributed by atoms with van der Waals surface area (Å²) in [7, 11) is 1.63. The largest absolute Gasteiger partial charge is 0.497 e. The normalized spacial score (nSPS) is 10.9. The van der Waals surface area contributed by atoms with Crippen molar-refractivity contribution in [2.45, 2.75) is 6.92 Å². The quantitative estimate of drug-likeness (QED) is 0.784. The highest BCUT2D eigenvalue weighted by atomic mass is 35.5. The first-order valence-corrected chi connectivity index (χ1v) is 6.56. The molecule has 3 aromatic rings. The van der Waals surface area contributed by atoms with Crippen LogP contribution in [0.2, 0.25) is 5.02 Å². The number of fused-ring (bicyclic) bond motifs is 1. The van der Waals surface area contributed by atoms with Gasteiger partial charge in [0.1, 0.15) is 5.75 Å². The Balaban J connectivity index is 2.34. The zero-order valence-corrected chi connectivity index (χ0v) is 12.0. The van der Waals surface area contributed by atoms with Gasteiger partial charge in [0.05, 0.1) is 28.9 Å². The molecule has 4 nitrogen and oxygen atoms in total. The number of anilines is 1. The number of hydrogen-bond donors (Lipinski definition) is 1. The van der Waals surface area contributed by atoms with Gasteiger partial charge in [-0.05, 0) is 36.8 Å². The van der Waals surface area contributed by atoms with Crippen LogP contribution in [0.1, 0.15) is 5.56 Å². The molecule has 0 radical (unpaired) electrons. The summed E-state index contributed by atoms with van der Waals surface area (Å²) in [4.78, 5) is 4.36. The van der Waals surface area contributed by atoms with Crippen LogP contribution in [0.4, 0.5) is 5.95 Å². The molecule has 2 aromatic carbocycles. The zero-order chi connectivity index (χ0) is 14.3. The first-order valence-electron chi connectivity index (χ1n) is 6.18. The van der Waals surface area contributed by atoms with Crippen molar-refractivity contribution in [3.63, 3.8) is 0 Å². The fourth-order valence-electron chi connectivity index (χ4n) is 2.25. The molecule has 0 unspecified atom stereocenters. The van der Waals surface area contributed by atoms with Crippen LogP contribution in [0.15, 0.2) is 36.4 Å². The van der Waals surface area contributed by atoms with Gasteiger partial charge >= 0.3 is 0 Å². The fourth-order valence-corrected chi connectivity index (χ4v) is 2.45. The van der Waals surface area contributed by atoms with Crippen LogP contribution in [0.25, 0.3) is 16.7 Å². The van der Waals surface area contributed by atoms with E-state index in [9.17, 15) is 0 Å². The molecule has 0 aliphatic rings. The number of nitrogens with zero attached hydrogens (tertiary/aromatic N) is 2. The lowest BCUT2D eigenvalue weighted by Gasteiger charge is -2.10. The van der Waals surface area contributed by atoms with E-state index in [1.807, 2.05) is 47.9 Å². The van der Waals surface area contributed by atoms with Crippen LogP contribution in [0.3, 0.4) is 0 Å². The minimum absolute atomic E-state index is 0.403. The van der Waals surface area contributed by atoms with E-state index in [-0.39, 0.29) is 0 Å². The monoisotopic (exact) mass is 287 g/mol. The van der Waals surface area contributed by atoms with E-state index < -0.39 is 0 Å². The molecule has 0 saturated carbocycles. The number of imidazole rings is 1. The molecule has 102 valence electrons. The smallest absolute Gasteiger partial charge is 0.205 e. The van der Waals surface area contributed by atoms with Crippen LogP contribution >= 0.6 is 11.6 Å². The maximum absolute atomic E-state index is 6.30. The van der Waals surface area contributed by atoms with Crippen LogP contribution in [-0.4, -0.2) is 16.7 Å². The van der Waals surface area contributed by atoms with Crippen LogP contribution in [0, 0.1) is 6.92 Å². The minimum Gasteiger partial charge on any atom is -0.497 e. The SMILES string of the molecule is COc1ccc2nc(N)n(-c3cc(C)ccc3Cl)c2c1. The molecule has 0 aliphatic carbocycles. The predicted molar refractivity (Wildman–Crippen MR) is 81.8 cm³/mol. The third-order valence-electron chi connectivity index (χ3n) is 3.23. The second-order valence-corrected chi connectivity index (χ2v) is 5.02. The number of benzene rings is 2. The fraction of sp³-hybridized carbons (Fsp3) is 0.133. The van der Waals surface area contributed by atoms with Gasteiger partial charge in [-0.1, -0.05) is 17.7 Å². The predicted octanol–water partition coefficient (Wildman–Crippen LogP) is 3.58. The van der Waals surface area contributed by atoms with Crippen molar-refractivity contribution in [2.75, 3.05) is 12.8 Å². The Kier molecular flexibility index (Phi) is 3.03. The first kappa shape index (κ1) is 12.8. The maximum atomic E-state index is 6.30. The molecule has 20 heavy (non-hydrogen) atoms. The van der Waals surface area contributed by atoms with E-state index in [1.54, 1.807) is 7.11 Å². The third-order valence-corrected chi connectivity index (χ3v) is 3.55. The van der Waals surface area contributed by atoms with E-state index >= 15 is 0 Å². The van der Waals surface area contributed by atoms with Gasteiger partial charge in [0.25, 0.3) is 0 Å². The molecule has 0 saturated heterocycles. The van der Waals surface area contributed by atoms with E-state index in [0.717, 1.165) is 28.0 Å². The zero-order valence-electron chi connectivity index (χ0n) is 11.2. The summed E-state index contributed by atoms with van der Waals surface area (Å²) in [5.41, 5.74) is 9.65. The third kappa shape index (κ3) is 1.98. The van der Waals surface area contributed by atoms with Gasteiger partial charge in [-0.3, -0.25) is 4.57 Å². The molecule has 0 aliphatic heterocycles. The van der Waals surface area contributed by atoms with Crippen molar-refractivity contribution in [2.24, 2.45) is 0 Å². The average Bonchev–Trinajstić information content (AvgIpc) is 2.76. The summed E-state index contributed by atoms with van der Waals surface area (Å²) < 4.78 is 7.10. The highest BCUT2D eigenvalue weighted by molar-refractivity contribution is 6.32. The lowest BCUT2D eigenvalue weighted by atomic mass is 10.2. The summed E-state index contributed by atoms with van der Waals surface area (Å²) in [6.07, 6.45) is 0. The van der Waals surface area contributed by atoms with Gasteiger partial charge in [0.2, 0.25) is 5.95 Å². The Morgan fingerprint density at radius 3 is 2.75 bits per heavy atom. The summed E-state index contributed by atoms with van der Waals surface area (Å²) in [6.45, 7) is 2.01. The molecule has 0 spiro atoms. The molecular weight excluding hydrogens is 274 g/mol. The van der Waals surface area contributed by atoms with Gasteiger partial charge in [0, 0.05) is 6.07 Å². The molecule has 1 heterocycles. The van der Waals surface area contributed by atoms with Gasteiger partial charge in [-0.25, -0.2) is 4.98 Å². The summed E-state index contributed by atoms with van der Waals surface area (Å²) >= 11 is 6.30. The Labute approximate surface area is 121 Å². The Morgan fingerprint density at radius 2 is 2.00 bits per heavy atom. The van der Waals surface area contributed by atoms with E-state index in [2.05, 4.69) is 4.98 Å². The number of ether oxygens (including phenoxy) is 1. The molecule has 5 heteroatoms. The van der Waals surface area contributed by atoms with Crippen molar-refractivity contribution >= 4 is 28.6 Å². The lowest BCUT2D eigenvalue weighted by molar-refractivity contribution is 0.415. The number of hydrogen-bond acceptors (Lipinski definition) is 3. The van der Waals surface area contributed by atoms with Crippen LogP contribution in [0.5, 0.6) is 5.75 Å². The second-order valence-electron chi connectivity index (χ2n) is 4.61. The number of aromatic nitrogens is 2. The standard InChI is InChI=1S/C15H14ClN3O/c1-9-3-5-11(16)13(7-9)19-14-8-10(20-2)4-6-12(14)18-15(19)17/h3-8H,1-2H3,(H2,17,18). The lowest BCUT2D eigenvalue weighted by Crippen LogP contribution is -2.01. The highest BCUT2D eigenvalue weighted by Gasteiger charge is 2.13. The van der Waals surface area contributed by atoms with E-state index in [0.29, 0.717) is 11.0 Å². The van der Waals surface area contributed by atoms with Crippen molar-refractivity contribution in [1.82, 2.24) is 9.55 Å². The Morgan fingerprint density at radius 1 is 1.20 bits per heavy atom. The molecule has 0 atom stereocenters.